The molecule has 1 aromatic carbocycles. The van der Waals surface area contributed by atoms with Crippen molar-refractivity contribution in [3.05, 3.63) is 54.1 Å². The van der Waals surface area contributed by atoms with E-state index in [1.54, 1.807) is 6.20 Å². The van der Waals surface area contributed by atoms with Gasteiger partial charge in [0.05, 0.1) is 12.0 Å². The predicted molar refractivity (Wildman–Crippen MR) is 94.4 cm³/mol. The van der Waals surface area contributed by atoms with E-state index in [0.717, 1.165) is 38.2 Å². The fourth-order valence-corrected chi connectivity index (χ4v) is 3.17. The second-order valence-electron chi connectivity index (χ2n) is 6.97. The first-order valence-electron chi connectivity index (χ1n) is 8.56. The van der Waals surface area contributed by atoms with Crippen molar-refractivity contribution in [1.82, 2.24) is 19.8 Å². The first-order chi connectivity index (χ1) is 11.6. The van der Waals surface area contributed by atoms with Crippen LogP contribution in [0.15, 0.2) is 42.7 Å². The topological polar surface area (TPSA) is 50.2 Å². The van der Waals surface area contributed by atoms with Gasteiger partial charge < -0.3 is 14.8 Å². The Kier molecular flexibility index (Phi) is 5.00. The Hall–Kier alpha value is -2.14. The normalized spacial score (nSPS) is 15.5. The Balaban J connectivity index is 1.53. The van der Waals surface area contributed by atoms with Gasteiger partial charge in [-0.05, 0) is 38.9 Å². The van der Waals surface area contributed by atoms with Crippen molar-refractivity contribution < 1.29 is 4.79 Å². The van der Waals surface area contributed by atoms with Crippen molar-refractivity contribution >= 4 is 5.91 Å². The molecular weight excluding hydrogens is 300 g/mol. The molecule has 5 nitrogen and oxygen atoms in total. The van der Waals surface area contributed by atoms with Crippen molar-refractivity contribution in [2.24, 2.45) is 5.41 Å². The van der Waals surface area contributed by atoms with E-state index in [0.29, 0.717) is 6.54 Å². The van der Waals surface area contributed by atoms with Crippen LogP contribution < -0.4 is 5.32 Å². The fraction of sp³-hybridized carbons (Fsp3) is 0.474. The largest absolute Gasteiger partial charge is 0.348 e. The Morgan fingerprint density at radius 1 is 1.29 bits per heavy atom. The van der Waals surface area contributed by atoms with Crippen LogP contribution in [-0.2, 0) is 24.3 Å². The Morgan fingerprint density at radius 3 is 2.71 bits per heavy atom. The van der Waals surface area contributed by atoms with E-state index < -0.39 is 0 Å². The van der Waals surface area contributed by atoms with Gasteiger partial charge in [-0.15, -0.1) is 0 Å². The van der Waals surface area contributed by atoms with Crippen LogP contribution in [0.1, 0.15) is 24.2 Å². The highest BCUT2D eigenvalue weighted by molar-refractivity contribution is 5.85. The minimum Gasteiger partial charge on any atom is -0.348 e. The summed E-state index contributed by atoms with van der Waals surface area (Å²) in [5, 5.41) is 3.08. The molecule has 0 saturated heterocycles. The highest BCUT2D eigenvalue weighted by Crippen LogP contribution is 2.46. The van der Waals surface area contributed by atoms with Gasteiger partial charge in [-0.2, -0.15) is 0 Å². The van der Waals surface area contributed by atoms with Gasteiger partial charge in [-0.1, -0.05) is 30.3 Å². The van der Waals surface area contributed by atoms with Crippen LogP contribution in [0.5, 0.6) is 0 Å². The number of nitrogens with zero attached hydrogens (tertiary/aromatic N) is 3. The molecule has 5 heteroatoms. The molecule has 0 unspecified atom stereocenters. The molecular formula is C19H26N4O. The zero-order valence-corrected chi connectivity index (χ0v) is 14.5. The van der Waals surface area contributed by atoms with E-state index in [1.165, 1.54) is 5.56 Å². The average Bonchev–Trinajstić information content (AvgIpc) is 3.20. The maximum atomic E-state index is 12.5. The maximum absolute atomic E-state index is 12.5. The lowest BCUT2D eigenvalue weighted by atomic mass is 10.1. The lowest BCUT2D eigenvalue weighted by Crippen LogP contribution is -2.38. The molecule has 1 aromatic heterocycles. The van der Waals surface area contributed by atoms with Crippen LogP contribution in [0.25, 0.3) is 0 Å². The van der Waals surface area contributed by atoms with Crippen LogP contribution >= 0.6 is 0 Å². The van der Waals surface area contributed by atoms with Crippen LogP contribution in [0.3, 0.4) is 0 Å². The maximum Gasteiger partial charge on any atom is 0.227 e. The van der Waals surface area contributed by atoms with Crippen molar-refractivity contribution in [1.29, 1.82) is 0 Å². The fourth-order valence-electron chi connectivity index (χ4n) is 3.17. The van der Waals surface area contributed by atoms with E-state index in [1.807, 2.05) is 26.4 Å². The van der Waals surface area contributed by atoms with Gasteiger partial charge in [0.15, 0.2) is 0 Å². The highest BCUT2D eigenvalue weighted by atomic mass is 16.2. The molecule has 0 spiro atoms. The smallest absolute Gasteiger partial charge is 0.227 e. The standard InChI is InChI=1S/C19H26N4O/c1-22(2)15-19(9-10-19)18(24)21-14-17-20-11-13-23(17)12-8-16-6-4-3-5-7-16/h3-7,11,13H,8-10,12,14-15H2,1-2H3,(H,21,24). The van der Waals surface area contributed by atoms with E-state index in [4.69, 9.17) is 0 Å². The average molecular weight is 326 g/mol. The molecule has 2 aromatic rings. The summed E-state index contributed by atoms with van der Waals surface area (Å²) >= 11 is 0. The number of aryl methyl sites for hydroxylation is 2. The molecule has 24 heavy (non-hydrogen) atoms. The summed E-state index contributed by atoms with van der Waals surface area (Å²) < 4.78 is 2.12. The Labute approximate surface area is 143 Å². The van der Waals surface area contributed by atoms with Gasteiger partial charge in [0.25, 0.3) is 0 Å². The number of aromatic nitrogens is 2. The van der Waals surface area contributed by atoms with Gasteiger partial charge in [-0.3, -0.25) is 4.79 Å². The van der Waals surface area contributed by atoms with Crippen molar-refractivity contribution in [3.8, 4) is 0 Å². The van der Waals surface area contributed by atoms with Gasteiger partial charge in [0.1, 0.15) is 5.82 Å². The number of nitrogens with one attached hydrogen (secondary N) is 1. The van der Waals surface area contributed by atoms with Crippen molar-refractivity contribution in [2.45, 2.75) is 32.4 Å². The molecule has 1 saturated carbocycles. The zero-order chi connectivity index (χ0) is 17.0. The highest BCUT2D eigenvalue weighted by Gasteiger charge is 2.49. The molecule has 1 N–H and O–H groups in total. The molecule has 1 fully saturated rings. The quantitative estimate of drug-likeness (QED) is 0.808. The van der Waals surface area contributed by atoms with Crippen LogP contribution in [-0.4, -0.2) is 41.0 Å². The molecule has 128 valence electrons. The van der Waals surface area contributed by atoms with E-state index in [2.05, 4.69) is 44.0 Å². The number of hydrogen-bond donors (Lipinski definition) is 1. The first-order valence-corrected chi connectivity index (χ1v) is 8.56. The van der Waals surface area contributed by atoms with E-state index >= 15 is 0 Å². The van der Waals surface area contributed by atoms with Crippen LogP contribution in [0.4, 0.5) is 0 Å². The van der Waals surface area contributed by atoms with E-state index in [-0.39, 0.29) is 11.3 Å². The summed E-state index contributed by atoms with van der Waals surface area (Å²) in [5.74, 6) is 1.08. The summed E-state index contributed by atoms with van der Waals surface area (Å²) in [6, 6.07) is 10.4. The second-order valence-corrected chi connectivity index (χ2v) is 6.97. The lowest BCUT2D eigenvalue weighted by molar-refractivity contribution is -0.127. The summed E-state index contributed by atoms with van der Waals surface area (Å²) in [4.78, 5) is 19.0. The van der Waals surface area contributed by atoms with E-state index in [9.17, 15) is 4.79 Å². The van der Waals surface area contributed by atoms with Crippen LogP contribution in [0.2, 0.25) is 0 Å². The third kappa shape index (κ3) is 4.03. The number of imidazole rings is 1. The number of rotatable bonds is 8. The number of amides is 1. The van der Waals surface area contributed by atoms with Crippen molar-refractivity contribution in [3.63, 3.8) is 0 Å². The predicted octanol–water partition coefficient (Wildman–Crippen LogP) is 2.08. The molecule has 1 heterocycles. The van der Waals surface area contributed by atoms with Crippen molar-refractivity contribution in [2.75, 3.05) is 20.6 Å². The SMILES string of the molecule is CN(C)CC1(C(=O)NCc2nccn2CCc2ccccc2)CC1. The van der Waals surface area contributed by atoms with Crippen LogP contribution in [0, 0.1) is 5.41 Å². The summed E-state index contributed by atoms with van der Waals surface area (Å²) in [7, 11) is 4.03. The second kappa shape index (κ2) is 7.18. The molecule has 0 radical (unpaired) electrons. The van der Waals surface area contributed by atoms with Gasteiger partial charge >= 0.3 is 0 Å². The number of hydrogen-bond acceptors (Lipinski definition) is 3. The zero-order valence-electron chi connectivity index (χ0n) is 14.5. The minimum atomic E-state index is -0.176. The Bertz CT molecular complexity index is 674. The molecule has 0 atom stereocenters. The number of carbonyl (C=O) groups excluding carboxylic acids is 1. The molecule has 1 aliphatic carbocycles. The summed E-state index contributed by atoms with van der Waals surface area (Å²) in [6.45, 7) is 2.19. The summed E-state index contributed by atoms with van der Waals surface area (Å²) in [5.41, 5.74) is 1.13. The Morgan fingerprint density at radius 2 is 2.04 bits per heavy atom. The van der Waals surface area contributed by atoms with Gasteiger partial charge in [-0.25, -0.2) is 4.98 Å². The third-order valence-corrected chi connectivity index (χ3v) is 4.65. The molecule has 3 rings (SSSR count). The van der Waals surface area contributed by atoms with Gasteiger partial charge in [0.2, 0.25) is 5.91 Å². The lowest BCUT2D eigenvalue weighted by Gasteiger charge is -2.19. The first kappa shape index (κ1) is 16.7. The van der Waals surface area contributed by atoms with Gasteiger partial charge in [0, 0.05) is 25.5 Å². The summed E-state index contributed by atoms with van der Waals surface area (Å²) in [6.07, 6.45) is 6.72. The molecule has 1 aliphatic rings. The minimum absolute atomic E-state index is 0.161. The molecule has 0 aliphatic heterocycles. The molecule has 1 amide bonds. The number of carbonyl (C=O) groups is 1. The number of benzene rings is 1. The monoisotopic (exact) mass is 326 g/mol. The molecule has 0 bridgehead atoms. The third-order valence-electron chi connectivity index (χ3n) is 4.65.